The van der Waals surface area contributed by atoms with Crippen molar-refractivity contribution in [3.05, 3.63) is 90.6 Å². The first-order chi connectivity index (χ1) is 13.3. The lowest BCUT2D eigenvalue weighted by atomic mass is 10.2. The van der Waals surface area contributed by atoms with Gasteiger partial charge in [0.15, 0.2) is 0 Å². The van der Waals surface area contributed by atoms with Gasteiger partial charge in [-0.1, -0.05) is 24.3 Å². The number of nitrogens with one attached hydrogen (secondary N) is 2. The number of fused-ring (bicyclic) bond motifs is 1. The lowest BCUT2D eigenvalue weighted by Gasteiger charge is -2.09. The van der Waals surface area contributed by atoms with Crippen LogP contribution in [0.3, 0.4) is 0 Å². The Bertz CT molecular complexity index is 1060. The van der Waals surface area contributed by atoms with E-state index < -0.39 is 0 Å². The molecule has 0 fully saturated rings. The molecule has 6 heteroatoms. The Balaban J connectivity index is 1.45. The van der Waals surface area contributed by atoms with Crippen molar-refractivity contribution in [3.8, 4) is 0 Å². The van der Waals surface area contributed by atoms with Crippen molar-refractivity contribution in [1.82, 2.24) is 20.3 Å². The van der Waals surface area contributed by atoms with Crippen molar-refractivity contribution < 1.29 is 4.79 Å². The fraction of sp³-hybridized carbons (Fsp3) is 0.0476. The van der Waals surface area contributed by atoms with Crippen LogP contribution in [0.5, 0.6) is 0 Å². The summed E-state index contributed by atoms with van der Waals surface area (Å²) in [5, 5.41) is 7.20. The molecule has 0 unspecified atom stereocenters. The van der Waals surface area contributed by atoms with Crippen LogP contribution in [0.15, 0.2) is 79.4 Å². The smallest absolute Gasteiger partial charge is 0.270 e. The van der Waals surface area contributed by atoms with E-state index in [0.717, 1.165) is 27.8 Å². The average Bonchev–Trinajstić information content (AvgIpc) is 2.74. The number of anilines is 2. The van der Waals surface area contributed by atoms with Crippen LogP contribution in [0.25, 0.3) is 10.9 Å². The molecule has 0 saturated carbocycles. The molecular formula is C21H17N5O. The van der Waals surface area contributed by atoms with Crippen LogP contribution in [0.2, 0.25) is 0 Å². The highest BCUT2D eigenvalue weighted by Gasteiger charge is 2.08. The number of hydrogen-bond acceptors (Lipinski definition) is 5. The van der Waals surface area contributed by atoms with Gasteiger partial charge in [0, 0.05) is 30.5 Å². The van der Waals surface area contributed by atoms with E-state index in [1.807, 2.05) is 48.5 Å². The molecule has 1 aromatic carbocycles. The zero-order chi connectivity index (χ0) is 18.5. The largest absolute Gasteiger partial charge is 0.352 e. The number of benzene rings is 1. The molecule has 2 N–H and O–H groups in total. The van der Waals surface area contributed by atoms with Gasteiger partial charge in [0.25, 0.3) is 5.91 Å². The van der Waals surface area contributed by atoms with Crippen LogP contribution in [-0.4, -0.2) is 20.9 Å². The first-order valence-corrected chi connectivity index (χ1v) is 8.53. The molecule has 0 aliphatic rings. The first kappa shape index (κ1) is 16.7. The number of amides is 1. The van der Waals surface area contributed by atoms with Crippen molar-refractivity contribution in [1.29, 1.82) is 0 Å². The van der Waals surface area contributed by atoms with Crippen molar-refractivity contribution in [3.63, 3.8) is 0 Å². The summed E-state index contributed by atoms with van der Waals surface area (Å²) in [4.78, 5) is 24.9. The number of hydrogen-bond donors (Lipinski definition) is 2. The van der Waals surface area contributed by atoms with E-state index in [9.17, 15) is 4.79 Å². The summed E-state index contributed by atoms with van der Waals surface area (Å²) in [5.41, 5.74) is 3.87. The quantitative estimate of drug-likeness (QED) is 0.571. The summed E-state index contributed by atoms with van der Waals surface area (Å²) in [6.45, 7) is 0.413. The molecule has 4 rings (SSSR count). The third kappa shape index (κ3) is 3.90. The predicted octanol–water partition coefficient (Wildman–Crippen LogP) is 3.70. The van der Waals surface area contributed by atoms with Gasteiger partial charge in [-0.05, 0) is 35.9 Å². The van der Waals surface area contributed by atoms with E-state index >= 15 is 0 Å². The van der Waals surface area contributed by atoms with Gasteiger partial charge in [0.1, 0.15) is 5.69 Å². The topological polar surface area (TPSA) is 79.8 Å². The summed E-state index contributed by atoms with van der Waals surface area (Å²) < 4.78 is 0. The minimum atomic E-state index is -0.225. The zero-order valence-electron chi connectivity index (χ0n) is 14.5. The summed E-state index contributed by atoms with van der Waals surface area (Å²) in [6.07, 6.45) is 6.82. The Morgan fingerprint density at radius 3 is 2.59 bits per heavy atom. The van der Waals surface area contributed by atoms with Crippen molar-refractivity contribution in [2.45, 2.75) is 6.54 Å². The Morgan fingerprint density at radius 1 is 0.889 bits per heavy atom. The maximum Gasteiger partial charge on any atom is 0.270 e. The second-order valence-electron chi connectivity index (χ2n) is 5.98. The molecule has 0 aliphatic carbocycles. The van der Waals surface area contributed by atoms with Crippen LogP contribution >= 0.6 is 0 Å². The molecule has 0 spiro atoms. The number of carbonyl (C=O) groups is 1. The van der Waals surface area contributed by atoms with Crippen LogP contribution in [0, 0.1) is 0 Å². The molecule has 3 aromatic heterocycles. The van der Waals surface area contributed by atoms with E-state index in [0.29, 0.717) is 12.2 Å². The third-order valence-corrected chi connectivity index (χ3v) is 4.08. The van der Waals surface area contributed by atoms with E-state index in [1.54, 1.807) is 30.9 Å². The van der Waals surface area contributed by atoms with E-state index in [2.05, 4.69) is 25.6 Å². The summed E-state index contributed by atoms with van der Waals surface area (Å²) >= 11 is 0. The van der Waals surface area contributed by atoms with Gasteiger partial charge in [0.2, 0.25) is 0 Å². The van der Waals surface area contributed by atoms with Gasteiger partial charge in [-0.2, -0.15) is 0 Å². The van der Waals surface area contributed by atoms with Gasteiger partial charge in [-0.3, -0.25) is 14.8 Å². The van der Waals surface area contributed by atoms with Crippen LogP contribution in [-0.2, 0) is 6.54 Å². The van der Waals surface area contributed by atoms with Gasteiger partial charge in [-0.25, -0.2) is 4.98 Å². The minimum Gasteiger partial charge on any atom is -0.352 e. The Kier molecular flexibility index (Phi) is 4.70. The molecule has 27 heavy (non-hydrogen) atoms. The second kappa shape index (κ2) is 7.61. The maximum atomic E-state index is 12.2. The molecule has 0 aliphatic heterocycles. The van der Waals surface area contributed by atoms with Gasteiger partial charge in [0.05, 0.1) is 23.1 Å². The number of para-hydroxylation sites is 1. The Labute approximate surface area is 156 Å². The minimum absolute atomic E-state index is 0.225. The Morgan fingerprint density at radius 2 is 1.78 bits per heavy atom. The number of carbonyl (C=O) groups excluding carboxylic acids is 1. The van der Waals surface area contributed by atoms with Crippen molar-refractivity contribution in [2.75, 3.05) is 5.32 Å². The monoisotopic (exact) mass is 355 g/mol. The molecular weight excluding hydrogens is 338 g/mol. The normalized spacial score (nSPS) is 10.5. The molecule has 1 amide bonds. The van der Waals surface area contributed by atoms with Gasteiger partial charge in [-0.15, -0.1) is 0 Å². The molecule has 0 bridgehead atoms. The average molecular weight is 355 g/mol. The predicted molar refractivity (Wildman–Crippen MR) is 105 cm³/mol. The second-order valence-corrected chi connectivity index (χ2v) is 5.98. The molecule has 0 atom stereocenters. The van der Waals surface area contributed by atoms with Crippen molar-refractivity contribution in [2.24, 2.45) is 0 Å². The molecule has 3 heterocycles. The third-order valence-electron chi connectivity index (χ3n) is 4.08. The zero-order valence-corrected chi connectivity index (χ0v) is 14.5. The number of rotatable bonds is 5. The van der Waals surface area contributed by atoms with Crippen molar-refractivity contribution >= 4 is 28.2 Å². The number of pyridine rings is 3. The lowest BCUT2D eigenvalue weighted by Crippen LogP contribution is -2.23. The first-order valence-electron chi connectivity index (χ1n) is 8.53. The lowest BCUT2D eigenvalue weighted by molar-refractivity contribution is 0.0946. The van der Waals surface area contributed by atoms with E-state index in [4.69, 9.17) is 0 Å². The summed E-state index contributed by atoms with van der Waals surface area (Å²) in [7, 11) is 0. The number of aromatic nitrogens is 3. The Hall–Kier alpha value is -3.80. The van der Waals surface area contributed by atoms with Crippen LogP contribution < -0.4 is 10.6 Å². The highest BCUT2D eigenvalue weighted by atomic mass is 16.1. The molecule has 0 radical (unpaired) electrons. The van der Waals surface area contributed by atoms with Crippen LogP contribution in [0.1, 0.15) is 16.1 Å². The fourth-order valence-corrected chi connectivity index (χ4v) is 2.74. The fourth-order valence-electron chi connectivity index (χ4n) is 2.74. The maximum absolute atomic E-state index is 12.2. The van der Waals surface area contributed by atoms with Gasteiger partial charge >= 0.3 is 0 Å². The molecule has 132 valence electrons. The van der Waals surface area contributed by atoms with Gasteiger partial charge < -0.3 is 10.6 Å². The SMILES string of the molecule is O=C(NCc1cccnc1)c1ccc(Nc2cccc3cccnc23)cn1. The summed E-state index contributed by atoms with van der Waals surface area (Å²) in [6, 6.07) is 17.1. The molecule has 6 nitrogen and oxygen atoms in total. The highest BCUT2D eigenvalue weighted by Crippen LogP contribution is 2.24. The summed E-state index contributed by atoms with van der Waals surface area (Å²) in [5.74, 6) is -0.225. The highest BCUT2D eigenvalue weighted by molar-refractivity contribution is 5.93. The molecule has 4 aromatic rings. The van der Waals surface area contributed by atoms with Crippen LogP contribution in [0.4, 0.5) is 11.4 Å². The van der Waals surface area contributed by atoms with E-state index in [-0.39, 0.29) is 5.91 Å². The number of nitrogens with zero attached hydrogens (tertiary/aromatic N) is 3. The molecule has 0 saturated heterocycles. The standard InChI is InChI=1S/C21H17N5O/c27-21(25-13-15-4-2-10-22-12-15)19-9-8-17(14-24-19)26-18-7-1-5-16-6-3-11-23-20(16)18/h1-12,14,26H,13H2,(H,25,27). The van der Waals surface area contributed by atoms with E-state index in [1.165, 1.54) is 0 Å².